The second-order valence-corrected chi connectivity index (χ2v) is 2.91. The molecular formula is C9H19NO2. The maximum atomic E-state index is 9.25. The first kappa shape index (κ1) is 11.6. The van der Waals surface area contributed by atoms with E-state index < -0.39 is 12.1 Å². The van der Waals surface area contributed by atoms with Crippen molar-refractivity contribution in [1.29, 1.82) is 0 Å². The predicted molar refractivity (Wildman–Crippen MR) is 49.7 cm³/mol. The first-order valence-corrected chi connectivity index (χ1v) is 4.43. The molecule has 3 heteroatoms. The molecule has 0 aliphatic carbocycles. The maximum absolute atomic E-state index is 9.25. The fraction of sp³-hybridized carbons (Fsp3) is 0.778. The minimum absolute atomic E-state index is 0.181. The molecule has 0 saturated carbocycles. The van der Waals surface area contributed by atoms with Gasteiger partial charge in [-0.2, -0.15) is 0 Å². The molecule has 12 heavy (non-hydrogen) atoms. The average molecular weight is 173 g/mol. The number of hydrogen-bond donors (Lipinski definition) is 3. The van der Waals surface area contributed by atoms with E-state index in [4.69, 9.17) is 10.8 Å². The van der Waals surface area contributed by atoms with Gasteiger partial charge in [0.1, 0.15) is 0 Å². The number of aliphatic hydroxyl groups is 2. The molecule has 3 nitrogen and oxygen atoms in total. The average Bonchev–Trinajstić information content (AvgIpc) is 2.10. The molecule has 0 fully saturated rings. The second-order valence-electron chi connectivity index (χ2n) is 2.91. The normalized spacial score (nSPS) is 16.7. The highest BCUT2D eigenvalue weighted by atomic mass is 16.3. The summed E-state index contributed by atoms with van der Waals surface area (Å²) in [6, 6.07) is -0.553. The Morgan fingerprint density at radius 3 is 2.67 bits per heavy atom. The van der Waals surface area contributed by atoms with E-state index in [1.807, 2.05) is 6.08 Å². The fourth-order valence-corrected chi connectivity index (χ4v) is 0.808. The summed E-state index contributed by atoms with van der Waals surface area (Å²) < 4.78 is 0. The SMILES string of the molecule is CCCC/C=C/[C@@H](O)[C@@H](N)CO. The molecule has 0 rings (SSSR count). The highest BCUT2D eigenvalue weighted by Crippen LogP contribution is 1.98. The molecule has 0 aliphatic heterocycles. The van der Waals surface area contributed by atoms with Gasteiger partial charge in [0.05, 0.1) is 18.8 Å². The summed E-state index contributed by atoms with van der Waals surface area (Å²) in [5, 5.41) is 17.8. The van der Waals surface area contributed by atoms with Gasteiger partial charge in [-0.05, 0) is 6.42 Å². The Morgan fingerprint density at radius 1 is 1.50 bits per heavy atom. The minimum Gasteiger partial charge on any atom is -0.395 e. The smallest absolute Gasteiger partial charge is 0.0894 e. The second kappa shape index (κ2) is 7.28. The van der Waals surface area contributed by atoms with E-state index in [2.05, 4.69) is 6.92 Å². The van der Waals surface area contributed by atoms with Crippen molar-refractivity contribution in [1.82, 2.24) is 0 Å². The monoisotopic (exact) mass is 173 g/mol. The lowest BCUT2D eigenvalue weighted by Gasteiger charge is -2.11. The van der Waals surface area contributed by atoms with Gasteiger partial charge in [0.25, 0.3) is 0 Å². The van der Waals surface area contributed by atoms with Crippen LogP contribution >= 0.6 is 0 Å². The van der Waals surface area contributed by atoms with Gasteiger partial charge in [-0.25, -0.2) is 0 Å². The van der Waals surface area contributed by atoms with E-state index in [-0.39, 0.29) is 6.61 Å². The van der Waals surface area contributed by atoms with Crippen LogP contribution in [0.2, 0.25) is 0 Å². The first-order valence-electron chi connectivity index (χ1n) is 4.43. The van der Waals surface area contributed by atoms with Gasteiger partial charge in [0.15, 0.2) is 0 Å². The first-order chi connectivity index (χ1) is 5.72. The van der Waals surface area contributed by atoms with Gasteiger partial charge in [-0.3, -0.25) is 0 Å². The van der Waals surface area contributed by atoms with Crippen LogP contribution in [0, 0.1) is 0 Å². The van der Waals surface area contributed by atoms with Crippen LogP contribution < -0.4 is 5.73 Å². The van der Waals surface area contributed by atoms with E-state index in [0.717, 1.165) is 19.3 Å². The Bertz CT molecular complexity index is 126. The zero-order valence-corrected chi connectivity index (χ0v) is 7.61. The Kier molecular flexibility index (Phi) is 7.05. The molecule has 0 amide bonds. The molecule has 4 N–H and O–H groups in total. The molecule has 0 spiro atoms. The maximum Gasteiger partial charge on any atom is 0.0894 e. The predicted octanol–water partition coefficient (Wildman–Crippen LogP) is 0.413. The van der Waals surface area contributed by atoms with E-state index in [0.29, 0.717) is 0 Å². The van der Waals surface area contributed by atoms with Gasteiger partial charge >= 0.3 is 0 Å². The lowest BCUT2D eigenvalue weighted by Crippen LogP contribution is -2.36. The number of unbranched alkanes of at least 4 members (excludes halogenated alkanes) is 2. The van der Waals surface area contributed by atoms with Crippen LogP contribution in [-0.4, -0.2) is 29.0 Å². The van der Waals surface area contributed by atoms with Crippen molar-refractivity contribution in [2.24, 2.45) is 5.73 Å². The third kappa shape index (κ3) is 5.29. The van der Waals surface area contributed by atoms with Crippen molar-refractivity contribution < 1.29 is 10.2 Å². The summed E-state index contributed by atoms with van der Waals surface area (Å²) in [5.74, 6) is 0. The minimum atomic E-state index is -0.716. The van der Waals surface area contributed by atoms with E-state index >= 15 is 0 Å². The van der Waals surface area contributed by atoms with E-state index in [1.54, 1.807) is 6.08 Å². The van der Waals surface area contributed by atoms with Crippen molar-refractivity contribution in [3.63, 3.8) is 0 Å². The molecule has 0 radical (unpaired) electrons. The summed E-state index contributed by atoms with van der Waals surface area (Å²) in [5.41, 5.74) is 5.38. The lowest BCUT2D eigenvalue weighted by molar-refractivity contribution is 0.144. The van der Waals surface area contributed by atoms with Crippen LogP contribution in [0.1, 0.15) is 26.2 Å². The number of nitrogens with two attached hydrogens (primary N) is 1. The molecule has 0 saturated heterocycles. The van der Waals surface area contributed by atoms with Crippen molar-refractivity contribution in [2.75, 3.05) is 6.61 Å². The molecule has 0 heterocycles. The molecule has 0 aliphatic rings. The van der Waals surface area contributed by atoms with Crippen LogP contribution in [0.15, 0.2) is 12.2 Å². The Balaban J connectivity index is 3.52. The van der Waals surface area contributed by atoms with Crippen molar-refractivity contribution in [2.45, 2.75) is 38.3 Å². The summed E-state index contributed by atoms with van der Waals surface area (Å²) in [7, 11) is 0. The number of hydrogen-bond acceptors (Lipinski definition) is 3. The highest BCUT2D eigenvalue weighted by molar-refractivity contribution is 4.93. The van der Waals surface area contributed by atoms with Crippen LogP contribution in [0.3, 0.4) is 0 Å². The lowest BCUT2D eigenvalue weighted by atomic mass is 10.1. The van der Waals surface area contributed by atoms with Crippen molar-refractivity contribution in [3.8, 4) is 0 Å². The standard InChI is InChI=1S/C9H19NO2/c1-2-3-4-5-6-9(12)8(10)7-11/h5-6,8-9,11-12H,2-4,7,10H2,1H3/b6-5+/t8-,9+/m0/s1. The summed E-state index contributed by atoms with van der Waals surface area (Å²) in [4.78, 5) is 0. The van der Waals surface area contributed by atoms with Gasteiger partial charge in [-0.15, -0.1) is 0 Å². The van der Waals surface area contributed by atoms with Gasteiger partial charge in [0.2, 0.25) is 0 Å². The molecule has 2 atom stereocenters. The van der Waals surface area contributed by atoms with Crippen LogP contribution in [0.4, 0.5) is 0 Å². The largest absolute Gasteiger partial charge is 0.395 e. The molecule has 0 aromatic rings. The quantitative estimate of drug-likeness (QED) is 0.402. The molecule has 0 bridgehead atoms. The van der Waals surface area contributed by atoms with Crippen LogP contribution in [0.5, 0.6) is 0 Å². The zero-order valence-electron chi connectivity index (χ0n) is 7.61. The van der Waals surface area contributed by atoms with Crippen molar-refractivity contribution >= 4 is 0 Å². The number of rotatable bonds is 6. The summed E-state index contributed by atoms with van der Waals surface area (Å²) in [6.45, 7) is 1.93. The molecule has 72 valence electrons. The molecular weight excluding hydrogens is 154 g/mol. The number of allylic oxidation sites excluding steroid dienone is 1. The van der Waals surface area contributed by atoms with Gasteiger partial charge < -0.3 is 15.9 Å². The summed E-state index contributed by atoms with van der Waals surface area (Å²) >= 11 is 0. The molecule has 0 unspecified atom stereocenters. The third-order valence-corrected chi connectivity index (χ3v) is 1.71. The Labute approximate surface area is 73.9 Å². The molecule has 0 aromatic carbocycles. The van der Waals surface area contributed by atoms with E-state index in [1.165, 1.54) is 0 Å². The summed E-state index contributed by atoms with van der Waals surface area (Å²) in [6.07, 6.45) is 6.07. The number of aliphatic hydroxyl groups excluding tert-OH is 2. The van der Waals surface area contributed by atoms with Gasteiger partial charge in [0, 0.05) is 0 Å². The van der Waals surface area contributed by atoms with Crippen molar-refractivity contribution in [3.05, 3.63) is 12.2 Å². The van der Waals surface area contributed by atoms with Crippen LogP contribution in [0.25, 0.3) is 0 Å². The Hall–Kier alpha value is -0.380. The van der Waals surface area contributed by atoms with Gasteiger partial charge in [-0.1, -0.05) is 31.9 Å². The topological polar surface area (TPSA) is 66.5 Å². The zero-order chi connectivity index (χ0) is 9.40. The fourth-order valence-electron chi connectivity index (χ4n) is 0.808. The van der Waals surface area contributed by atoms with E-state index in [9.17, 15) is 5.11 Å². The third-order valence-electron chi connectivity index (χ3n) is 1.71. The molecule has 0 aromatic heterocycles. The Morgan fingerprint density at radius 2 is 2.17 bits per heavy atom. The van der Waals surface area contributed by atoms with Crippen LogP contribution in [-0.2, 0) is 0 Å². The highest BCUT2D eigenvalue weighted by Gasteiger charge is 2.08.